The minimum absolute atomic E-state index is 1.17. The molecule has 0 rings (SSSR count). The SMILES string of the molecule is C[Te](Br)(Br)C(F)(F)F. The standard InChI is InChI=1S/C2H3Br2F3Te/c1-8(3,4)2(5,6)7/h1H3. The first-order chi connectivity index (χ1) is 3.25. The van der Waals surface area contributed by atoms with E-state index >= 15 is 0 Å². The Balaban J connectivity index is 4.02. The maximum atomic E-state index is 11.6. The molecular weight excluding hydrogens is 368 g/mol. The summed E-state index contributed by atoms with van der Waals surface area (Å²) in [7, 11) is 0. The van der Waals surface area contributed by atoms with Crippen LogP contribution in [0.5, 0.6) is 0 Å². The van der Waals surface area contributed by atoms with E-state index < -0.39 is 18.0 Å². The average Bonchev–Trinajstić information content (AvgIpc) is 1.25. The molecule has 8 heavy (non-hydrogen) atoms. The topological polar surface area (TPSA) is 0 Å². The third kappa shape index (κ3) is 2.90. The average molecular weight is 371 g/mol. The zero-order valence-corrected chi connectivity index (χ0v) is 9.30. The van der Waals surface area contributed by atoms with Crippen molar-refractivity contribution >= 4 is 39.3 Å². The van der Waals surface area contributed by atoms with Crippen LogP contribution in [0.3, 0.4) is 0 Å². The monoisotopic (exact) mass is 372 g/mol. The molecule has 0 N–H and O–H groups in total. The summed E-state index contributed by atoms with van der Waals surface area (Å²) in [5.74, 6) is 0. The van der Waals surface area contributed by atoms with Gasteiger partial charge in [-0.15, -0.1) is 0 Å². The fourth-order valence-corrected chi connectivity index (χ4v) is 0. The first-order valence-corrected chi connectivity index (χ1v) is 15.4. The Bertz CT molecular complexity index is 70.3. The molecular formula is C2H3Br2F3Te. The molecule has 0 aromatic heterocycles. The van der Waals surface area contributed by atoms with E-state index in [-0.39, 0.29) is 0 Å². The van der Waals surface area contributed by atoms with E-state index in [9.17, 15) is 13.2 Å². The molecule has 0 saturated heterocycles. The predicted octanol–water partition coefficient (Wildman–Crippen LogP) is 2.95. The van der Waals surface area contributed by atoms with E-state index in [1.165, 1.54) is 4.97 Å². The molecule has 0 aliphatic heterocycles. The Labute approximate surface area is 61.2 Å². The Morgan fingerprint density at radius 3 is 1.38 bits per heavy atom. The number of alkyl halides is 3. The van der Waals surface area contributed by atoms with Crippen LogP contribution in [0.25, 0.3) is 0 Å². The van der Waals surface area contributed by atoms with E-state index in [0.717, 1.165) is 0 Å². The molecule has 0 saturated carbocycles. The quantitative estimate of drug-likeness (QED) is 0.575. The number of hydrogen-bond donors (Lipinski definition) is 0. The summed E-state index contributed by atoms with van der Waals surface area (Å²) in [5.41, 5.74) is 0. The van der Waals surface area contributed by atoms with Gasteiger partial charge in [0.15, 0.2) is 0 Å². The first kappa shape index (κ1) is 9.54. The van der Waals surface area contributed by atoms with Crippen molar-refractivity contribution in [1.82, 2.24) is 0 Å². The van der Waals surface area contributed by atoms with Crippen molar-refractivity contribution in [2.24, 2.45) is 0 Å². The maximum absolute atomic E-state index is 11.6. The second-order valence-electron chi connectivity index (χ2n) is 1.17. The van der Waals surface area contributed by atoms with Gasteiger partial charge in [0.1, 0.15) is 0 Å². The first-order valence-electron chi connectivity index (χ1n) is 1.49. The molecule has 0 radical (unpaired) electrons. The van der Waals surface area contributed by atoms with Gasteiger partial charge in [-0.3, -0.25) is 0 Å². The molecule has 0 atom stereocenters. The molecule has 0 fully saturated rings. The van der Waals surface area contributed by atoms with E-state index in [1.807, 2.05) is 0 Å². The zero-order chi connectivity index (χ0) is 7.00. The van der Waals surface area contributed by atoms with Crippen molar-refractivity contribution in [1.29, 1.82) is 0 Å². The van der Waals surface area contributed by atoms with E-state index in [2.05, 4.69) is 25.5 Å². The van der Waals surface area contributed by atoms with Crippen molar-refractivity contribution in [3.05, 3.63) is 0 Å². The van der Waals surface area contributed by atoms with E-state index in [1.54, 1.807) is 0 Å². The van der Waals surface area contributed by atoms with Gasteiger partial charge in [0.25, 0.3) is 0 Å². The fourth-order valence-electron chi connectivity index (χ4n) is 0. The summed E-state index contributed by atoms with van der Waals surface area (Å²) in [4.78, 5) is 1.17. The van der Waals surface area contributed by atoms with Crippen LogP contribution in [0.1, 0.15) is 0 Å². The molecule has 0 spiro atoms. The van der Waals surface area contributed by atoms with Gasteiger partial charge in [0.05, 0.1) is 0 Å². The van der Waals surface area contributed by atoms with Gasteiger partial charge >= 0.3 is 61.6 Å². The normalized spacial score (nSPS) is 16.2. The van der Waals surface area contributed by atoms with Crippen molar-refractivity contribution in [3.8, 4) is 0 Å². The molecule has 0 aliphatic rings. The molecule has 0 nitrogen and oxygen atoms in total. The predicted molar refractivity (Wildman–Crippen MR) is 35.5 cm³/mol. The van der Waals surface area contributed by atoms with Gasteiger partial charge in [-0.05, 0) is 0 Å². The zero-order valence-electron chi connectivity index (χ0n) is 3.80. The molecule has 0 aliphatic carbocycles. The van der Waals surface area contributed by atoms with E-state index in [0.29, 0.717) is 0 Å². The number of hydrogen-bond acceptors (Lipinski definition) is 0. The third-order valence-corrected chi connectivity index (χ3v) is 7.65. The van der Waals surface area contributed by atoms with Crippen LogP contribution >= 0.6 is 25.5 Å². The molecule has 0 heterocycles. The summed E-state index contributed by atoms with van der Waals surface area (Å²) in [6, 6.07) is 0. The van der Waals surface area contributed by atoms with Gasteiger partial charge in [-0.1, -0.05) is 0 Å². The van der Waals surface area contributed by atoms with E-state index in [4.69, 9.17) is 0 Å². The summed E-state index contributed by atoms with van der Waals surface area (Å²) >= 11 is 1.45. The molecule has 0 aromatic rings. The summed E-state index contributed by atoms with van der Waals surface area (Å²) in [5, 5.41) is 0. The van der Waals surface area contributed by atoms with Crippen LogP contribution < -0.4 is 0 Å². The Morgan fingerprint density at radius 1 is 1.25 bits per heavy atom. The van der Waals surface area contributed by atoms with Crippen molar-refractivity contribution < 1.29 is 13.2 Å². The van der Waals surface area contributed by atoms with Gasteiger partial charge in [0.2, 0.25) is 0 Å². The second kappa shape index (κ2) is 2.65. The van der Waals surface area contributed by atoms with Crippen LogP contribution in [0.15, 0.2) is 0 Å². The van der Waals surface area contributed by atoms with Crippen molar-refractivity contribution in [2.45, 2.75) is 9.20 Å². The van der Waals surface area contributed by atoms with Gasteiger partial charge in [0, 0.05) is 0 Å². The van der Waals surface area contributed by atoms with Gasteiger partial charge in [-0.2, -0.15) is 0 Å². The van der Waals surface area contributed by atoms with Crippen molar-refractivity contribution in [2.75, 3.05) is 0 Å². The summed E-state index contributed by atoms with van der Waals surface area (Å²) in [6.45, 7) is 0. The molecule has 0 aromatic carbocycles. The summed E-state index contributed by atoms with van der Waals surface area (Å²) < 4.78 is 30.6. The van der Waals surface area contributed by atoms with Crippen LogP contribution in [0.4, 0.5) is 13.2 Å². The van der Waals surface area contributed by atoms with Crippen LogP contribution in [-0.4, -0.2) is 18.0 Å². The molecule has 0 amide bonds. The Kier molecular flexibility index (Phi) is 3.16. The Morgan fingerprint density at radius 2 is 1.38 bits per heavy atom. The summed E-state index contributed by atoms with van der Waals surface area (Å²) in [6.07, 6.45) is 0. The Hall–Kier alpha value is 1.54. The molecule has 0 unspecified atom stereocenters. The molecule has 6 heteroatoms. The van der Waals surface area contributed by atoms with Crippen LogP contribution in [0.2, 0.25) is 4.97 Å². The minimum atomic E-state index is -4.04. The molecule has 0 bridgehead atoms. The third-order valence-electron chi connectivity index (χ3n) is 0.406. The van der Waals surface area contributed by atoms with Gasteiger partial charge < -0.3 is 0 Å². The number of rotatable bonds is 0. The van der Waals surface area contributed by atoms with Gasteiger partial charge in [-0.25, -0.2) is 0 Å². The molecule has 52 valence electrons. The van der Waals surface area contributed by atoms with Crippen LogP contribution in [0, 0.1) is 0 Å². The number of halogens is 5. The fraction of sp³-hybridized carbons (Fsp3) is 1.00. The second-order valence-corrected chi connectivity index (χ2v) is 29.8. The van der Waals surface area contributed by atoms with Crippen LogP contribution in [-0.2, 0) is 0 Å². The van der Waals surface area contributed by atoms with Crippen molar-refractivity contribution in [3.63, 3.8) is 0 Å².